The zero-order valence-corrected chi connectivity index (χ0v) is 21.1. The van der Waals surface area contributed by atoms with E-state index < -0.39 is 10.0 Å². The van der Waals surface area contributed by atoms with Crippen molar-refractivity contribution in [1.29, 1.82) is 0 Å². The normalized spacial score (nSPS) is 12.2. The lowest BCUT2D eigenvalue weighted by Gasteiger charge is -2.12. The maximum absolute atomic E-state index is 12.6. The summed E-state index contributed by atoms with van der Waals surface area (Å²) in [6.07, 6.45) is 0.944. The van der Waals surface area contributed by atoms with E-state index in [1.54, 1.807) is 23.9 Å². The van der Waals surface area contributed by atoms with Gasteiger partial charge in [-0.1, -0.05) is 36.9 Å². The molecule has 33 heavy (non-hydrogen) atoms. The van der Waals surface area contributed by atoms with Gasteiger partial charge >= 0.3 is 0 Å². The molecule has 0 fully saturated rings. The zero-order chi connectivity index (χ0) is 23.8. The summed E-state index contributed by atoms with van der Waals surface area (Å²) in [6, 6.07) is 13.3. The number of rotatable bonds is 8. The van der Waals surface area contributed by atoms with Crippen molar-refractivity contribution in [1.82, 2.24) is 28.6 Å². The molecule has 2 aromatic heterocycles. The van der Waals surface area contributed by atoms with Crippen molar-refractivity contribution in [2.24, 2.45) is 0 Å². The molecule has 4 aromatic rings. The molecule has 2 heterocycles. The number of sulfonamides is 1. The molecule has 0 saturated heterocycles. The Morgan fingerprint density at radius 3 is 2.52 bits per heavy atom. The largest absolute Gasteiger partial charge is 0.327 e. The molecule has 0 aliphatic rings. The molecule has 0 radical (unpaired) electrons. The number of hydrogen-bond acceptors (Lipinski definition) is 6. The number of para-hydroxylation sites is 1. The lowest BCUT2D eigenvalue weighted by atomic mass is 10.2. The molecule has 0 spiro atoms. The Bertz CT molecular complexity index is 1410. The minimum Gasteiger partial charge on any atom is -0.327 e. The highest BCUT2D eigenvalue weighted by atomic mass is 32.2. The Kier molecular flexibility index (Phi) is 6.60. The van der Waals surface area contributed by atoms with Crippen LogP contribution in [0.15, 0.2) is 52.5 Å². The highest BCUT2D eigenvalue weighted by molar-refractivity contribution is 7.98. The van der Waals surface area contributed by atoms with Gasteiger partial charge in [0.25, 0.3) is 0 Å². The number of aryl methyl sites for hydroxylation is 3. The number of benzene rings is 2. The van der Waals surface area contributed by atoms with Gasteiger partial charge in [0.1, 0.15) is 11.6 Å². The predicted molar refractivity (Wildman–Crippen MR) is 131 cm³/mol. The van der Waals surface area contributed by atoms with Gasteiger partial charge in [-0.2, -0.15) is 0 Å². The van der Waals surface area contributed by atoms with E-state index in [2.05, 4.69) is 45.3 Å². The van der Waals surface area contributed by atoms with Crippen molar-refractivity contribution >= 4 is 32.8 Å². The summed E-state index contributed by atoms with van der Waals surface area (Å²) in [6.45, 7) is 6.94. The van der Waals surface area contributed by atoms with E-state index >= 15 is 0 Å². The van der Waals surface area contributed by atoms with Gasteiger partial charge in [0.05, 0.1) is 27.4 Å². The quantitative estimate of drug-likeness (QED) is 0.349. The van der Waals surface area contributed by atoms with E-state index in [0.717, 1.165) is 46.5 Å². The topological polar surface area (TPSA) is 85.9 Å². The maximum Gasteiger partial charge on any atom is 0.242 e. The van der Waals surface area contributed by atoms with E-state index in [-0.39, 0.29) is 4.90 Å². The maximum atomic E-state index is 12.6. The van der Waals surface area contributed by atoms with Crippen molar-refractivity contribution in [3.05, 3.63) is 59.7 Å². The molecule has 8 nitrogen and oxygen atoms in total. The molecule has 0 aliphatic carbocycles. The van der Waals surface area contributed by atoms with Gasteiger partial charge < -0.3 is 4.57 Å². The van der Waals surface area contributed by atoms with Gasteiger partial charge in [-0.05, 0) is 50.1 Å². The monoisotopic (exact) mass is 484 g/mol. The minimum absolute atomic E-state index is 0.246. The van der Waals surface area contributed by atoms with Crippen molar-refractivity contribution in [2.45, 2.75) is 49.5 Å². The summed E-state index contributed by atoms with van der Waals surface area (Å²) in [5.41, 5.74) is 3.82. The van der Waals surface area contributed by atoms with Gasteiger partial charge in [-0.25, -0.2) is 17.7 Å². The smallest absolute Gasteiger partial charge is 0.242 e. The predicted octanol–water partition coefficient (Wildman–Crippen LogP) is 4.19. The molecule has 10 heteroatoms. The van der Waals surface area contributed by atoms with Crippen LogP contribution in [0.25, 0.3) is 16.7 Å². The summed E-state index contributed by atoms with van der Waals surface area (Å²) >= 11 is 1.57. The molecule has 4 rings (SSSR count). The molecule has 0 unspecified atom stereocenters. The second kappa shape index (κ2) is 9.28. The van der Waals surface area contributed by atoms with Crippen molar-refractivity contribution in [2.75, 3.05) is 14.1 Å². The van der Waals surface area contributed by atoms with Gasteiger partial charge in [0, 0.05) is 20.6 Å². The molecule has 0 aliphatic heterocycles. The molecule has 0 N–H and O–H groups in total. The standard InChI is InChI=1S/C23H28N6O2S2/c1-6-13-28-21-12-11-18(33(30,31)27(4)5)14-19(21)24-22(28)15-32-23-26-25-17(3)29(23)20-10-8-7-9-16(20)2/h7-12,14H,6,13,15H2,1-5H3. The molecule has 174 valence electrons. The molecule has 0 saturated carbocycles. The summed E-state index contributed by atoms with van der Waals surface area (Å²) < 4.78 is 30.6. The highest BCUT2D eigenvalue weighted by Gasteiger charge is 2.20. The minimum atomic E-state index is -3.52. The Labute approximate surface area is 198 Å². The molecule has 0 bridgehead atoms. The summed E-state index contributed by atoms with van der Waals surface area (Å²) in [4.78, 5) is 5.05. The summed E-state index contributed by atoms with van der Waals surface area (Å²) in [7, 11) is -0.457. The van der Waals surface area contributed by atoms with Gasteiger partial charge in [-0.3, -0.25) is 4.57 Å². The second-order valence-electron chi connectivity index (χ2n) is 8.06. The van der Waals surface area contributed by atoms with E-state index in [1.165, 1.54) is 18.4 Å². The van der Waals surface area contributed by atoms with Crippen LogP contribution in [0.4, 0.5) is 0 Å². The first-order chi connectivity index (χ1) is 15.7. The third-order valence-electron chi connectivity index (χ3n) is 5.51. The number of thioether (sulfide) groups is 1. The fourth-order valence-electron chi connectivity index (χ4n) is 3.77. The van der Waals surface area contributed by atoms with Crippen LogP contribution in [0.2, 0.25) is 0 Å². The average Bonchev–Trinajstić information content (AvgIpc) is 3.32. The Hall–Kier alpha value is -2.69. The molecular formula is C23H28N6O2S2. The van der Waals surface area contributed by atoms with Crippen LogP contribution >= 0.6 is 11.8 Å². The van der Waals surface area contributed by atoms with Crippen molar-refractivity contribution < 1.29 is 8.42 Å². The molecule has 2 aromatic carbocycles. The number of fused-ring (bicyclic) bond motifs is 1. The third-order valence-corrected chi connectivity index (χ3v) is 8.24. The first-order valence-electron chi connectivity index (χ1n) is 10.8. The number of nitrogens with zero attached hydrogens (tertiary/aromatic N) is 6. The summed E-state index contributed by atoms with van der Waals surface area (Å²) in [5.74, 6) is 2.30. The first-order valence-corrected chi connectivity index (χ1v) is 13.2. The van der Waals surface area contributed by atoms with Crippen LogP contribution in [0.5, 0.6) is 0 Å². The van der Waals surface area contributed by atoms with Crippen LogP contribution in [-0.2, 0) is 22.3 Å². The lowest BCUT2D eigenvalue weighted by molar-refractivity contribution is 0.521. The van der Waals surface area contributed by atoms with Crippen molar-refractivity contribution in [3.8, 4) is 5.69 Å². The molecule has 0 amide bonds. The van der Waals surface area contributed by atoms with Crippen molar-refractivity contribution in [3.63, 3.8) is 0 Å². The van der Waals surface area contributed by atoms with E-state index in [4.69, 9.17) is 4.98 Å². The van der Waals surface area contributed by atoms with Gasteiger partial charge in [0.15, 0.2) is 5.16 Å². The Morgan fingerprint density at radius 2 is 1.82 bits per heavy atom. The van der Waals surface area contributed by atoms with Crippen LogP contribution < -0.4 is 0 Å². The number of aromatic nitrogens is 5. The van der Waals surface area contributed by atoms with Crippen LogP contribution in [0.1, 0.15) is 30.6 Å². The van der Waals surface area contributed by atoms with E-state index in [9.17, 15) is 8.42 Å². The third kappa shape index (κ3) is 4.42. The fraction of sp³-hybridized carbons (Fsp3) is 0.348. The van der Waals surface area contributed by atoms with Gasteiger partial charge in [-0.15, -0.1) is 10.2 Å². The average molecular weight is 485 g/mol. The Morgan fingerprint density at radius 1 is 1.06 bits per heavy atom. The lowest BCUT2D eigenvalue weighted by Crippen LogP contribution is -2.22. The SMILES string of the molecule is CCCn1c(CSc2nnc(C)n2-c2ccccc2C)nc2cc(S(=O)(=O)N(C)C)ccc21. The fourth-order valence-corrected chi connectivity index (χ4v) is 5.63. The van der Waals surface area contributed by atoms with E-state index in [1.807, 2.05) is 25.1 Å². The van der Waals surface area contributed by atoms with Crippen LogP contribution in [-0.4, -0.2) is 51.1 Å². The zero-order valence-electron chi connectivity index (χ0n) is 19.5. The van der Waals surface area contributed by atoms with Crippen LogP contribution in [0, 0.1) is 13.8 Å². The Balaban J connectivity index is 1.70. The highest BCUT2D eigenvalue weighted by Crippen LogP contribution is 2.29. The number of hydrogen-bond donors (Lipinski definition) is 0. The summed E-state index contributed by atoms with van der Waals surface area (Å²) in [5, 5.41) is 9.49. The number of imidazole rings is 1. The van der Waals surface area contributed by atoms with E-state index in [0.29, 0.717) is 11.3 Å². The van der Waals surface area contributed by atoms with Crippen LogP contribution in [0.3, 0.4) is 0 Å². The second-order valence-corrected chi connectivity index (χ2v) is 11.2. The first kappa shape index (κ1) is 23.5. The molecule has 0 atom stereocenters. The van der Waals surface area contributed by atoms with Gasteiger partial charge in [0.2, 0.25) is 10.0 Å². The molecular weight excluding hydrogens is 456 g/mol.